The predicted octanol–water partition coefficient (Wildman–Crippen LogP) is 2.66. The van der Waals surface area contributed by atoms with E-state index in [1.54, 1.807) is 29.2 Å². The highest BCUT2D eigenvalue weighted by Gasteiger charge is 2.31. The van der Waals surface area contributed by atoms with Crippen LogP contribution in [0.2, 0.25) is 0 Å². The number of nitrogens with zero attached hydrogens (tertiary/aromatic N) is 1. The maximum atomic E-state index is 13.2. The lowest BCUT2D eigenvalue weighted by atomic mass is 9.98. The standard InChI is InChI=1S/C23H31N3O3.ClH/c1-16(2)14-21(22(25)28)26(13-12-17-6-4-3-5-7-17)23(29)20(24)15-18-8-10-19(27)11-9-18;/h3-11,16,20-21,27H,12-15,24H2,1-2H3,(H2,25,28);1H/t20-,21-;/m0./s1. The number of hydrogen-bond acceptors (Lipinski definition) is 4. The largest absolute Gasteiger partial charge is 0.508 e. The highest BCUT2D eigenvalue weighted by Crippen LogP contribution is 2.16. The second-order valence-corrected chi connectivity index (χ2v) is 7.79. The number of phenols is 1. The number of aromatic hydroxyl groups is 1. The summed E-state index contributed by atoms with van der Waals surface area (Å²) >= 11 is 0. The molecular formula is C23H32ClN3O3. The minimum Gasteiger partial charge on any atom is -0.508 e. The third-order valence-corrected chi connectivity index (χ3v) is 4.88. The number of benzene rings is 2. The van der Waals surface area contributed by atoms with E-state index in [4.69, 9.17) is 11.5 Å². The molecule has 6 nitrogen and oxygen atoms in total. The number of halogens is 1. The zero-order chi connectivity index (χ0) is 21.4. The molecule has 0 aromatic heterocycles. The van der Waals surface area contributed by atoms with Crippen LogP contribution in [0, 0.1) is 5.92 Å². The lowest BCUT2D eigenvalue weighted by Crippen LogP contribution is -2.54. The molecule has 0 spiro atoms. The fraction of sp³-hybridized carbons (Fsp3) is 0.391. The van der Waals surface area contributed by atoms with Gasteiger partial charge in [0.15, 0.2) is 0 Å². The van der Waals surface area contributed by atoms with E-state index in [0.29, 0.717) is 25.8 Å². The molecule has 2 atom stereocenters. The number of phenolic OH excluding ortho intramolecular Hbond substituents is 1. The molecule has 2 rings (SSSR count). The Bertz CT molecular complexity index is 797. The summed E-state index contributed by atoms with van der Waals surface area (Å²) in [5.41, 5.74) is 13.8. The van der Waals surface area contributed by atoms with E-state index >= 15 is 0 Å². The fourth-order valence-corrected chi connectivity index (χ4v) is 3.34. The first-order chi connectivity index (χ1) is 13.8. The number of amides is 2. The molecule has 7 heteroatoms. The average Bonchev–Trinajstić information content (AvgIpc) is 2.69. The normalized spacial score (nSPS) is 12.7. The monoisotopic (exact) mass is 433 g/mol. The molecule has 5 N–H and O–H groups in total. The van der Waals surface area contributed by atoms with Gasteiger partial charge in [-0.05, 0) is 48.4 Å². The van der Waals surface area contributed by atoms with Crippen LogP contribution in [-0.2, 0) is 22.4 Å². The maximum absolute atomic E-state index is 13.2. The zero-order valence-electron chi connectivity index (χ0n) is 17.5. The van der Waals surface area contributed by atoms with Crippen LogP contribution in [0.15, 0.2) is 54.6 Å². The van der Waals surface area contributed by atoms with Gasteiger partial charge in [0.25, 0.3) is 0 Å². The topological polar surface area (TPSA) is 110 Å². The molecule has 0 aliphatic carbocycles. The minimum atomic E-state index is -0.802. The van der Waals surface area contributed by atoms with Crippen molar-refractivity contribution < 1.29 is 14.7 Å². The zero-order valence-corrected chi connectivity index (χ0v) is 18.3. The summed E-state index contributed by atoms with van der Waals surface area (Å²) in [6, 6.07) is 14.9. The summed E-state index contributed by atoms with van der Waals surface area (Å²) in [7, 11) is 0. The predicted molar refractivity (Wildman–Crippen MR) is 121 cm³/mol. The van der Waals surface area contributed by atoms with E-state index in [9.17, 15) is 14.7 Å². The number of carbonyl (C=O) groups is 2. The highest BCUT2D eigenvalue weighted by molar-refractivity contribution is 5.89. The van der Waals surface area contributed by atoms with Gasteiger partial charge in [-0.2, -0.15) is 0 Å². The molecule has 0 radical (unpaired) electrons. The van der Waals surface area contributed by atoms with Gasteiger partial charge >= 0.3 is 0 Å². The molecule has 2 aromatic carbocycles. The summed E-state index contributed by atoms with van der Waals surface area (Å²) in [5, 5.41) is 9.43. The van der Waals surface area contributed by atoms with Crippen LogP contribution in [-0.4, -0.2) is 40.4 Å². The van der Waals surface area contributed by atoms with E-state index in [1.165, 1.54) is 0 Å². The van der Waals surface area contributed by atoms with Crippen molar-refractivity contribution in [2.75, 3.05) is 6.54 Å². The van der Waals surface area contributed by atoms with Crippen molar-refractivity contribution >= 4 is 24.2 Å². The number of hydrogen-bond donors (Lipinski definition) is 3. The van der Waals surface area contributed by atoms with Gasteiger partial charge in [-0.25, -0.2) is 0 Å². The van der Waals surface area contributed by atoms with Crippen molar-refractivity contribution in [1.29, 1.82) is 0 Å². The first kappa shape index (κ1) is 25.5. The number of primary amides is 1. The Morgan fingerprint density at radius 3 is 2.13 bits per heavy atom. The van der Waals surface area contributed by atoms with Crippen LogP contribution >= 0.6 is 12.4 Å². The van der Waals surface area contributed by atoms with Crippen molar-refractivity contribution in [1.82, 2.24) is 4.90 Å². The lowest BCUT2D eigenvalue weighted by Gasteiger charge is -2.33. The van der Waals surface area contributed by atoms with Gasteiger partial charge < -0.3 is 21.5 Å². The van der Waals surface area contributed by atoms with Crippen LogP contribution in [0.3, 0.4) is 0 Å². The summed E-state index contributed by atoms with van der Waals surface area (Å²) < 4.78 is 0. The Kier molecular flexibility index (Phi) is 10.4. The Labute approximate surface area is 184 Å². The molecule has 30 heavy (non-hydrogen) atoms. The Morgan fingerprint density at radius 2 is 1.60 bits per heavy atom. The molecular weight excluding hydrogens is 402 g/mol. The molecule has 0 aliphatic rings. The van der Waals surface area contributed by atoms with Gasteiger partial charge in [0.1, 0.15) is 11.8 Å². The van der Waals surface area contributed by atoms with Crippen molar-refractivity contribution in [3.05, 3.63) is 65.7 Å². The second kappa shape index (κ2) is 12.2. The van der Waals surface area contributed by atoms with E-state index in [0.717, 1.165) is 11.1 Å². The second-order valence-electron chi connectivity index (χ2n) is 7.79. The fourth-order valence-electron chi connectivity index (χ4n) is 3.34. The molecule has 164 valence electrons. The summed E-state index contributed by atoms with van der Waals surface area (Å²) in [6.07, 6.45) is 1.41. The van der Waals surface area contributed by atoms with E-state index in [2.05, 4.69) is 0 Å². The molecule has 0 saturated heterocycles. The van der Waals surface area contributed by atoms with Gasteiger partial charge in [-0.3, -0.25) is 9.59 Å². The smallest absolute Gasteiger partial charge is 0.240 e. The molecule has 0 heterocycles. The molecule has 0 saturated carbocycles. The average molecular weight is 434 g/mol. The van der Waals surface area contributed by atoms with E-state index in [-0.39, 0.29) is 30.0 Å². The third-order valence-electron chi connectivity index (χ3n) is 4.88. The molecule has 0 fully saturated rings. The summed E-state index contributed by atoms with van der Waals surface area (Å²) in [4.78, 5) is 26.9. The molecule has 0 aliphatic heterocycles. The van der Waals surface area contributed by atoms with Crippen molar-refractivity contribution in [2.24, 2.45) is 17.4 Å². The van der Waals surface area contributed by atoms with E-state index < -0.39 is 18.0 Å². The molecule has 0 bridgehead atoms. The SMILES string of the molecule is CC(C)C[C@@H](C(N)=O)N(CCc1ccccc1)C(=O)[C@@H](N)Cc1ccc(O)cc1.Cl. The van der Waals surface area contributed by atoms with Gasteiger partial charge in [-0.15, -0.1) is 12.4 Å². The Balaban J connectivity index is 0.00000450. The van der Waals surface area contributed by atoms with Crippen LogP contribution < -0.4 is 11.5 Å². The number of nitrogens with two attached hydrogens (primary N) is 2. The number of carbonyl (C=O) groups excluding carboxylic acids is 2. The summed E-state index contributed by atoms with van der Waals surface area (Å²) in [5.74, 6) is -0.452. The van der Waals surface area contributed by atoms with Crippen LogP contribution in [0.25, 0.3) is 0 Å². The minimum absolute atomic E-state index is 0. The van der Waals surface area contributed by atoms with Crippen LogP contribution in [0.1, 0.15) is 31.4 Å². The van der Waals surface area contributed by atoms with Crippen LogP contribution in [0.5, 0.6) is 5.75 Å². The van der Waals surface area contributed by atoms with Crippen molar-refractivity contribution in [3.63, 3.8) is 0 Å². The van der Waals surface area contributed by atoms with E-state index in [1.807, 2.05) is 44.2 Å². The molecule has 2 amide bonds. The van der Waals surface area contributed by atoms with Crippen molar-refractivity contribution in [3.8, 4) is 5.75 Å². The van der Waals surface area contributed by atoms with Gasteiger partial charge in [0.05, 0.1) is 6.04 Å². The Hall–Kier alpha value is -2.57. The first-order valence-corrected chi connectivity index (χ1v) is 9.95. The third kappa shape index (κ3) is 7.69. The van der Waals surface area contributed by atoms with Crippen LogP contribution in [0.4, 0.5) is 0 Å². The molecule has 0 unspecified atom stereocenters. The van der Waals surface area contributed by atoms with Gasteiger partial charge in [-0.1, -0.05) is 56.3 Å². The maximum Gasteiger partial charge on any atom is 0.240 e. The lowest BCUT2D eigenvalue weighted by molar-refractivity contribution is -0.141. The number of rotatable bonds is 10. The highest BCUT2D eigenvalue weighted by atomic mass is 35.5. The first-order valence-electron chi connectivity index (χ1n) is 9.95. The quantitative estimate of drug-likeness (QED) is 0.535. The van der Waals surface area contributed by atoms with Crippen molar-refractivity contribution in [2.45, 2.75) is 45.2 Å². The molecule has 2 aromatic rings. The van der Waals surface area contributed by atoms with Gasteiger partial charge in [0, 0.05) is 6.54 Å². The summed E-state index contributed by atoms with van der Waals surface area (Å²) in [6.45, 7) is 4.35. The van der Waals surface area contributed by atoms with Gasteiger partial charge in [0.2, 0.25) is 11.8 Å². The Morgan fingerprint density at radius 1 is 1.00 bits per heavy atom.